The second-order valence-corrected chi connectivity index (χ2v) is 4.48. The monoisotopic (exact) mass is 312 g/mol. The fourth-order valence-electron chi connectivity index (χ4n) is 1.49. The molecule has 21 heavy (non-hydrogen) atoms. The highest BCUT2D eigenvalue weighted by atomic mass is 35.5. The van der Waals surface area contributed by atoms with Crippen LogP contribution < -0.4 is 21.3 Å². The van der Waals surface area contributed by atoms with Gasteiger partial charge in [0, 0.05) is 10.7 Å². The molecule has 0 radical (unpaired) electrons. The van der Waals surface area contributed by atoms with Gasteiger partial charge in [-0.3, -0.25) is 5.43 Å². The molecule has 0 amide bonds. The number of nitrogens with one attached hydrogen (secondary N) is 2. The Bertz CT molecular complexity index is 606. The largest absolute Gasteiger partial charge is 0.463 e. The quantitative estimate of drug-likeness (QED) is 0.556. The van der Waals surface area contributed by atoms with Crippen LogP contribution in [0.2, 0.25) is 5.02 Å². The van der Waals surface area contributed by atoms with E-state index in [1.165, 1.54) is 18.2 Å². The zero-order valence-corrected chi connectivity index (χ0v) is 12.0. The predicted molar refractivity (Wildman–Crippen MR) is 78.1 cm³/mol. The van der Waals surface area contributed by atoms with Gasteiger partial charge in [-0.25, -0.2) is 10.2 Å². The first-order chi connectivity index (χ1) is 10.1. The molecular formula is C12H14ClFN6O. The van der Waals surface area contributed by atoms with E-state index in [0.717, 1.165) is 6.42 Å². The summed E-state index contributed by atoms with van der Waals surface area (Å²) < 4.78 is 18.6. The maximum atomic E-state index is 13.3. The Morgan fingerprint density at radius 2 is 2.00 bits per heavy atom. The Balaban J connectivity index is 2.25. The first-order valence-electron chi connectivity index (χ1n) is 6.19. The molecule has 112 valence electrons. The minimum atomic E-state index is -0.473. The van der Waals surface area contributed by atoms with Crippen molar-refractivity contribution in [1.29, 1.82) is 0 Å². The molecule has 0 fully saturated rings. The van der Waals surface area contributed by atoms with E-state index in [2.05, 4.69) is 25.7 Å². The molecule has 0 atom stereocenters. The van der Waals surface area contributed by atoms with Gasteiger partial charge in [0.15, 0.2) is 0 Å². The Kier molecular flexibility index (Phi) is 5.07. The van der Waals surface area contributed by atoms with Crippen LogP contribution in [0, 0.1) is 5.82 Å². The van der Waals surface area contributed by atoms with E-state index in [4.69, 9.17) is 22.2 Å². The number of rotatable bonds is 6. The van der Waals surface area contributed by atoms with E-state index in [9.17, 15) is 4.39 Å². The molecule has 0 aliphatic rings. The van der Waals surface area contributed by atoms with Gasteiger partial charge in [-0.1, -0.05) is 18.5 Å². The summed E-state index contributed by atoms with van der Waals surface area (Å²) in [6, 6.07) is 4.11. The lowest BCUT2D eigenvalue weighted by Gasteiger charge is -2.09. The summed E-state index contributed by atoms with van der Waals surface area (Å²) in [6.07, 6.45) is 0.805. The van der Waals surface area contributed by atoms with E-state index >= 15 is 0 Å². The van der Waals surface area contributed by atoms with Crippen LogP contribution in [-0.2, 0) is 0 Å². The number of halogens is 2. The van der Waals surface area contributed by atoms with Crippen LogP contribution >= 0.6 is 11.6 Å². The number of nitrogen functional groups attached to an aromatic ring is 1. The second-order valence-electron chi connectivity index (χ2n) is 4.04. The molecule has 2 aromatic rings. The highest BCUT2D eigenvalue weighted by Gasteiger charge is 2.08. The first-order valence-corrected chi connectivity index (χ1v) is 6.57. The Labute approximate surface area is 125 Å². The summed E-state index contributed by atoms with van der Waals surface area (Å²) in [5, 5.41) is 3.07. The van der Waals surface area contributed by atoms with Crippen LogP contribution in [0.5, 0.6) is 6.01 Å². The number of nitrogens with zero attached hydrogens (tertiary/aromatic N) is 3. The summed E-state index contributed by atoms with van der Waals surface area (Å²) in [5.41, 5.74) is 2.71. The minimum absolute atomic E-state index is 0.116. The highest BCUT2D eigenvalue weighted by molar-refractivity contribution is 6.30. The van der Waals surface area contributed by atoms with Crippen molar-refractivity contribution in [2.45, 2.75) is 13.3 Å². The van der Waals surface area contributed by atoms with Crippen LogP contribution in [0.4, 0.5) is 22.0 Å². The van der Waals surface area contributed by atoms with E-state index < -0.39 is 5.82 Å². The minimum Gasteiger partial charge on any atom is -0.463 e. The van der Waals surface area contributed by atoms with Gasteiger partial charge in [-0.2, -0.15) is 15.0 Å². The van der Waals surface area contributed by atoms with Crippen LogP contribution in [0.15, 0.2) is 18.2 Å². The van der Waals surface area contributed by atoms with Crippen LogP contribution in [-0.4, -0.2) is 21.6 Å². The summed E-state index contributed by atoms with van der Waals surface area (Å²) in [6.45, 7) is 2.41. The van der Waals surface area contributed by atoms with Crippen LogP contribution in [0.25, 0.3) is 0 Å². The number of anilines is 3. The van der Waals surface area contributed by atoms with E-state index in [0.29, 0.717) is 12.3 Å². The van der Waals surface area contributed by atoms with Gasteiger partial charge >= 0.3 is 6.01 Å². The molecule has 0 saturated heterocycles. The Morgan fingerprint density at radius 3 is 2.67 bits per heavy atom. The third-order valence-electron chi connectivity index (χ3n) is 2.30. The van der Waals surface area contributed by atoms with E-state index in [-0.39, 0.29) is 22.9 Å². The molecule has 1 heterocycles. The van der Waals surface area contributed by atoms with E-state index in [1.54, 1.807) is 0 Å². The fourth-order valence-corrected chi connectivity index (χ4v) is 1.71. The van der Waals surface area contributed by atoms with Gasteiger partial charge < -0.3 is 10.1 Å². The van der Waals surface area contributed by atoms with Crippen LogP contribution in [0.1, 0.15) is 13.3 Å². The lowest BCUT2D eigenvalue weighted by Crippen LogP contribution is -2.13. The van der Waals surface area contributed by atoms with Crippen molar-refractivity contribution < 1.29 is 9.13 Å². The van der Waals surface area contributed by atoms with Crippen molar-refractivity contribution in [3.63, 3.8) is 0 Å². The zero-order chi connectivity index (χ0) is 15.2. The molecule has 2 rings (SSSR count). The zero-order valence-electron chi connectivity index (χ0n) is 11.2. The number of aromatic nitrogens is 3. The topological polar surface area (TPSA) is 98.0 Å². The smallest absolute Gasteiger partial charge is 0.323 e. The number of ether oxygens (including phenoxy) is 1. The van der Waals surface area contributed by atoms with Crippen molar-refractivity contribution in [3.8, 4) is 6.01 Å². The van der Waals surface area contributed by atoms with Gasteiger partial charge in [-0.15, -0.1) is 0 Å². The van der Waals surface area contributed by atoms with Crippen molar-refractivity contribution in [1.82, 2.24) is 15.0 Å². The SMILES string of the molecule is CCCOc1nc(NN)nc(Nc2cc(F)cc(Cl)c2)n1. The number of hydrogen-bond acceptors (Lipinski definition) is 7. The third kappa shape index (κ3) is 4.40. The standard InChI is InChI=1S/C12H14ClFN6O/c1-2-3-21-12-18-10(17-11(19-12)20-15)16-9-5-7(13)4-8(14)6-9/h4-6H,2-3,15H2,1H3,(H2,16,17,18,19,20). The number of hydrogen-bond donors (Lipinski definition) is 3. The predicted octanol–water partition coefficient (Wildman–Crippen LogP) is 2.48. The molecular weight excluding hydrogens is 299 g/mol. The molecule has 0 saturated carbocycles. The molecule has 1 aromatic carbocycles. The second kappa shape index (κ2) is 7.00. The molecule has 0 unspecified atom stereocenters. The lowest BCUT2D eigenvalue weighted by atomic mass is 10.3. The molecule has 4 N–H and O–H groups in total. The average Bonchev–Trinajstić information content (AvgIpc) is 2.43. The molecule has 0 aliphatic carbocycles. The van der Waals surface area contributed by atoms with Gasteiger partial charge in [0.05, 0.1) is 6.61 Å². The van der Waals surface area contributed by atoms with Gasteiger partial charge in [-0.05, 0) is 24.6 Å². The van der Waals surface area contributed by atoms with Gasteiger partial charge in [0.2, 0.25) is 11.9 Å². The van der Waals surface area contributed by atoms with Crippen molar-refractivity contribution >= 4 is 29.2 Å². The lowest BCUT2D eigenvalue weighted by molar-refractivity contribution is 0.292. The fraction of sp³-hybridized carbons (Fsp3) is 0.250. The van der Waals surface area contributed by atoms with Crippen molar-refractivity contribution in [2.24, 2.45) is 5.84 Å². The summed E-state index contributed by atoms with van der Waals surface area (Å²) in [4.78, 5) is 12.0. The van der Waals surface area contributed by atoms with Gasteiger partial charge in [0.1, 0.15) is 5.82 Å². The maximum absolute atomic E-state index is 13.3. The molecule has 0 bridgehead atoms. The molecule has 7 nitrogen and oxygen atoms in total. The number of nitrogens with two attached hydrogens (primary N) is 1. The third-order valence-corrected chi connectivity index (χ3v) is 2.52. The average molecular weight is 313 g/mol. The summed E-state index contributed by atoms with van der Waals surface area (Å²) >= 11 is 5.78. The normalized spacial score (nSPS) is 10.3. The molecule has 0 aliphatic heterocycles. The molecule has 0 spiro atoms. The summed E-state index contributed by atoms with van der Waals surface area (Å²) in [5.74, 6) is 5.10. The van der Waals surface area contributed by atoms with Crippen LogP contribution in [0.3, 0.4) is 0 Å². The summed E-state index contributed by atoms with van der Waals surface area (Å²) in [7, 11) is 0. The molecule has 9 heteroatoms. The van der Waals surface area contributed by atoms with Crippen molar-refractivity contribution in [3.05, 3.63) is 29.0 Å². The maximum Gasteiger partial charge on any atom is 0.323 e. The number of benzene rings is 1. The Morgan fingerprint density at radius 1 is 1.24 bits per heavy atom. The number of hydrazine groups is 1. The Hall–Kier alpha value is -2.19. The van der Waals surface area contributed by atoms with E-state index in [1.807, 2.05) is 6.92 Å². The molecule has 1 aromatic heterocycles. The first kappa shape index (κ1) is 15.2. The highest BCUT2D eigenvalue weighted by Crippen LogP contribution is 2.21. The van der Waals surface area contributed by atoms with Crippen molar-refractivity contribution in [2.75, 3.05) is 17.3 Å². The van der Waals surface area contributed by atoms with Gasteiger partial charge in [0.25, 0.3) is 0 Å².